The predicted octanol–water partition coefficient (Wildman–Crippen LogP) is 5.21. The molecule has 36 heavy (non-hydrogen) atoms. The second-order valence-electron chi connectivity index (χ2n) is 12.6. The number of alkyl carbamates (subject to hydrolysis) is 2. The van der Waals surface area contributed by atoms with E-state index in [0.29, 0.717) is 24.2 Å². The molecular formula is C26H50Cl2N4O4. The molecule has 4 rings (SSSR count). The molecule has 4 heterocycles. The van der Waals surface area contributed by atoms with Crippen LogP contribution in [0, 0.1) is 0 Å². The molecular weight excluding hydrogens is 503 g/mol. The largest absolute Gasteiger partial charge is 0.444 e. The molecule has 212 valence electrons. The minimum Gasteiger partial charge on any atom is -0.444 e. The number of nitrogens with one attached hydrogen (secondary N) is 4. The molecule has 0 aromatic rings. The lowest BCUT2D eigenvalue weighted by Gasteiger charge is -2.40. The second-order valence-corrected chi connectivity index (χ2v) is 12.6. The molecule has 4 aliphatic rings. The van der Waals surface area contributed by atoms with Crippen molar-refractivity contribution >= 4 is 37.0 Å². The van der Waals surface area contributed by atoms with Crippen LogP contribution in [0.15, 0.2) is 0 Å². The number of hydrogen-bond acceptors (Lipinski definition) is 6. The first-order chi connectivity index (χ1) is 15.8. The highest BCUT2D eigenvalue weighted by atomic mass is 35.5. The molecule has 4 saturated heterocycles. The van der Waals surface area contributed by atoms with E-state index in [-0.39, 0.29) is 49.1 Å². The van der Waals surface area contributed by atoms with Crippen molar-refractivity contribution < 1.29 is 19.1 Å². The fraction of sp³-hybridized carbons (Fsp3) is 0.923. The van der Waals surface area contributed by atoms with Gasteiger partial charge in [0.25, 0.3) is 0 Å². The third-order valence-corrected chi connectivity index (χ3v) is 6.87. The average Bonchev–Trinajstić information content (AvgIpc) is 2.64. The van der Waals surface area contributed by atoms with Gasteiger partial charge in [0.1, 0.15) is 11.2 Å². The van der Waals surface area contributed by atoms with Crippen LogP contribution < -0.4 is 21.3 Å². The summed E-state index contributed by atoms with van der Waals surface area (Å²) in [6, 6.07) is 2.90. The Morgan fingerprint density at radius 3 is 1.14 bits per heavy atom. The van der Waals surface area contributed by atoms with Gasteiger partial charge < -0.3 is 30.7 Å². The van der Waals surface area contributed by atoms with Crippen molar-refractivity contribution in [2.24, 2.45) is 0 Å². The van der Waals surface area contributed by atoms with Crippen molar-refractivity contribution in [1.82, 2.24) is 21.3 Å². The lowest BCUT2D eigenvalue weighted by atomic mass is 9.84. The Bertz CT molecular complexity index is 616. The summed E-state index contributed by atoms with van der Waals surface area (Å²) < 4.78 is 10.6. The Morgan fingerprint density at radius 1 is 0.611 bits per heavy atom. The number of rotatable bonds is 2. The molecule has 6 atom stereocenters. The second kappa shape index (κ2) is 14.3. The molecule has 0 radical (unpaired) electrons. The minimum atomic E-state index is -0.410. The maximum absolute atomic E-state index is 11.7. The highest BCUT2D eigenvalue weighted by Gasteiger charge is 2.33. The minimum absolute atomic E-state index is 0. The van der Waals surface area contributed by atoms with Crippen molar-refractivity contribution in [2.45, 2.75) is 153 Å². The molecule has 0 spiro atoms. The maximum Gasteiger partial charge on any atom is 0.407 e. The Labute approximate surface area is 230 Å². The molecule has 4 fully saturated rings. The molecule has 10 heteroatoms. The first kappa shape index (κ1) is 33.1. The van der Waals surface area contributed by atoms with Crippen LogP contribution in [0.25, 0.3) is 0 Å². The fourth-order valence-corrected chi connectivity index (χ4v) is 5.72. The highest BCUT2D eigenvalue weighted by molar-refractivity contribution is 5.85. The molecule has 0 aromatic heterocycles. The van der Waals surface area contributed by atoms with E-state index in [1.54, 1.807) is 0 Å². The number of piperidine rings is 4. The number of halogens is 2. The Balaban J connectivity index is 0.000000341. The van der Waals surface area contributed by atoms with Crippen molar-refractivity contribution in [3.05, 3.63) is 0 Å². The number of carbonyl (C=O) groups excluding carboxylic acids is 2. The molecule has 2 amide bonds. The van der Waals surface area contributed by atoms with Crippen LogP contribution in [-0.4, -0.2) is 59.6 Å². The highest BCUT2D eigenvalue weighted by Crippen LogP contribution is 2.27. The first-order valence-corrected chi connectivity index (χ1v) is 13.4. The van der Waals surface area contributed by atoms with Gasteiger partial charge in [0.15, 0.2) is 0 Å². The van der Waals surface area contributed by atoms with Gasteiger partial charge in [0.2, 0.25) is 0 Å². The summed E-state index contributed by atoms with van der Waals surface area (Å²) in [6.45, 7) is 11.4. The van der Waals surface area contributed by atoms with E-state index in [9.17, 15) is 9.59 Å². The van der Waals surface area contributed by atoms with E-state index in [4.69, 9.17) is 9.47 Å². The quantitative estimate of drug-likeness (QED) is 0.375. The predicted molar refractivity (Wildman–Crippen MR) is 148 cm³/mol. The van der Waals surface area contributed by atoms with E-state index >= 15 is 0 Å². The van der Waals surface area contributed by atoms with Crippen molar-refractivity contribution in [2.75, 3.05) is 0 Å². The van der Waals surface area contributed by atoms with Crippen LogP contribution in [0.3, 0.4) is 0 Å². The number of fused-ring (bicyclic) bond motifs is 4. The van der Waals surface area contributed by atoms with Gasteiger partial charge in [-0.1, -0.05) is 12.8 Å². The van der Waals surface area contributed by atoms with E-state index in [2.05, 4.69) is 21.3 Å². The van der Waals surface area contributed by atoms with Crippen LogP contribution >= 0.6 is 24.8 Å². The van der Waals surface area contributed by atoms with Gasteiger partial charge in [-0.2, -0.15) is 0 Å². The zero-order chi connectivity index (χ0) is 24.9. The summed E-state index contributed by atoms with van der Waals surface area (Å²) in [5, 5.41) is 13.2. The normalized spacial score (nSPS) is 31.2. The summed E-state index contributed by atoms with van der Waals surface area (Å²) in [5.74, 6) is 0. The van der Waals surface area contributed by atoms with Crippen molar-refractivity contribution in [3.8, 4) is 0 Å². The van der Waals surface area contributed by atoms with Crippen molar-refractivity contribution in [1.29, 1.82) is 0 Å². The number of ether oxygens (including phenoxy) is 2. The summed E-state index contributed by atoms with van der Waals surface area (Å²) in [7, 11) is 0. The smallest absolute Gasteiger partial charge is 0.407 e. The Morgan fingerprint density at radius 2 is 0.889 bits per heavy atom. The van der Waals surface area contributed by atoms with E-state index in [1.807, 2.05) is 41.5 Å². The fourth-order valence-electron chi connectivity index (χ4n) is 5.72. The van der Waals surface area contributed by atoms with Crippen LogP contribution in [0.1, 0.15) is 106 Å². The van der Waals surface area contributed by atoms with Gasteiger partial charge in [-0.15, -0.1) is 24.8 Å². The zero-order valence-electron chi connectivity index (χ0n) is 23.0. The summed E-state index contributed by atoms with van der Waals surface area (Å²) in [4.78, 5) is 23.4. The van der Waals surface area contributed by atoms with Gasteiger partial charge in [0, 0.05) is 36.3 Å². The summed E-state index contributed by atoms with van der Waals surface area (Å²) in [6.07, 6.45) is 11.2. The third kappa shape index (κ3) is 12.1. The van der Waals surface area contributed by atoms with E-state index < -0.39 is 11.2 Å². The molecule has 4 aliphatic heterocycles. The first-order valence-electron chi connectivity index (χ1n) is 13.4. The summed E-state index contributed by atoms with van der Waals surface area (Å²) in [5.41, 5.74) is -0.820. The van der Waals surface area contributed by atoms with E-state index in [1.165, 1.54) is 38.5 Å². The molecule has 4 N–H and O–H groups in total. The SMILES string of the molecule is CC(C)(C)OC(=O)NC1C[C@H]2CCC[C@@H](C1)N2.CC(C)(C)OC(=O)NC1C[C@H]2CCC[C@@H](C1)N2.Cl.Cl. The molecule has 0 aliphatic carbocycles. The monoisotopic (exact) mass is 552 g/mol. The van der Waals surface area contributed by atoms with Gasteiger partial charge in [0.05, 0.1) is 0 Å². The maximum atomic E-state index is 11.7. The molecule has 2 unspecified atom stereocenters. The molecule has 0 saturated carbocycles. The molecule has 8 nitrogen and oxygen atoms in total. The lowest BCUT2D eigenvalue weighted by Crippen LogP contribution is -2.55. The zero-order valence-corrected chi connectivity index (χ0v) is 24.6. The lowest BCUT2D eigenvalue weighted by molar-refractivity contribution is 0.0462. The van der Waals surface area contributed by atoms with Gasteiger partial charge >= 0.3 is 12.2 Å². The van der Waals surface area contributed by atoms with Crippen molar-refractivity contribution in [3.63, 3.8) is 0 Å². The van der Waals surface area contributed by atoms with Crippen LogP contribution in [0.2, 0.25) is 0 Å². The van der Waals surface area contributed by atoms with Crippen LogP contribution in [-0.2, 0) is 9.47 Å². The van der Waals surface area contributed by atoms with E-state index in [0.717, 1.165) is 25.7 Å². The van der Waals surface area contributed by atoms with Crippen LogP contribution in [0.4, 0.5) is 9.59 Å². The molecule has 0 aromatic carbocycles. The average molecular weight is 554 g/mol. The topological polar surface area (TPSA) is 101 Å². The third-order valence-electron chi connectivity index (χ3n) is 6.87. The number of amides is 2. The Hall–Kier alpha value is -0.960. The number of carbonyl (C=O) groups is 2. The Kier molecular flexibility index (Phi) is 13.1. The van der Waals surface area contributed by atoms with Crippen LogP contribution in [0.5, 0.6) is 0 Å². The molecule has 4 bridgehead atoms. The van der Waals surface area contributed by atoms with Gasteiger partial charge in [-0.3, -0.25) is 0 Å². The number of hydrogen-bond donors (Lipinski definition) is 4. The summed E-state index contributed by atoms with van der Waals surface area (Å²) >= 11 is 0. The standard InChI is InChI=1S/2C13H24N2O2.2ClH/c2*1-13(2,3)17-12(16)15-11-7-9-5-4-6-10(8-11)14-9;;/h2*9-11,14H,4-8H2,1-3H3,(H,15,16);2*1H/t2*9-,10+,11?;;. The van der Waals surface area contributed by atoms with Gasteiger partial charge in [-0.25, -0.2) is 9.59 Å². The van der Waals surface area contributed by atoms with Gasteiger partial charge in [-0.05, 0) is 92.9 Å².